The molecule has 1 saturated heterocycles. The van der Waals surface area contributed by atoms with Crippen LogP contribution in [0, 0.1) is 0 Å². The second-order valence-electron chi connectivity index (χ2n) is 8.24. The van der Waals surface area contributed by atoms with E-state index >= 15 is 0 Å². The highest BCUT2D eigenvalue weighted by Gasteiger charge is 2.47. The molecule has 0 aliphatic carbocycles. The van der Waals surface area contributed by atoms with E-state index in [0.717, 1.165) is 78.7 Å². The van der Waals surface area contributed by atoms with Crippen molar-refractivity contribution in [1.82, 2.24) is 9.62 Å². The zero-order valence-electron chi connectivity index (χ0n) is 20.1. The number of halogens is 3. The molecule has 0 unspecified atom stereocenters. The van der Waals surface area contributed by atoms with Gasteiger partial charge in [-0.15, -0.1) is 0 Å². The Morgan fingerprint density at radius 3 is 2.14 bits per heavy atom. The van der Waals surface area contributed by atoms with Gasteiger partial charge < -0.3 is 4.90 Å². The molecule has 1 aliphatic heterocycles. The van der Waals surface area contributed by atoms with Crippen LogP contribution in [0.2, 0.25) is 0 Å². The van der Waals surface area contributed by atoms with E-state index in [1.165, 1.54) is 0 Å². The van der Waals surface area contributed by atoms with Crippen molar-refractivity contribution in [3.05, 3.63) is 34.7 Å². The van der Waals surface area contributed by atoms with Gasteiger partial charge in [0.1, 0.15) is 10.9 Å². The molecule has 2 rings (SSSR count). The predicted octanol–water partition coefficient (Wildman–Crippen LogP) is 5.04. The summed E-state index contributed by atoms with van der Waals surface area (Å²) in [4.78, 5) is 27.8. The lowest BCUT2D eigenvalue weighted by Crippen LogP contribution is -2.45. The van der Waals surface area contributed by atoms with Gasteiger partial charge in [-0.3, -0.25) is 14.5 Å². The van der Waals surface area contributed by atoms with E-state index < -0.39 is 33.9 Å². The highest BCUT2D eigenvalue weighted by Crippen LogP contribution is 2.33. The third kappa shape index (κ3) is 8.48. The maximum atomic E-state index is 12.7. The van der Waals surface area contributed by atoms with Gasteiger partial charge in [-0.25, -0.2) is 4.72 Å². The fourth-order valence-electron chi connectivity index (χ4n) is 3.43. The molecule has 13 heteroatoms. The Kier molecular flexibility index (Phi) is 11.2. The van der Waals surface area contributed by atoms with Gasteiger partial charge in [-0.2, -0.15) is 21.6 Å². The molecule has 0 radical (unpaired) electrons. The Bertz CT molecular complexity index is 1060. The minimum atomic E-state index is -5.87. The highest BCUT2D eigenvalue weighted by molar-refractivity contribution is 8.26. The van der Waals surface area contributed by atoms with Gasteiger partial charge in [-0.1, -0.05) is 75.6 Å². The summed E-state index contributed by atoms with van der Waals surface area (Å²) in [6.07, 6.45) is 8.37. The molecular weight excluding hydrogens is 535 g/mol. The number of carbonyl (C=O) groups excluding carboxylic acids is 2. The summed E-state index contributed by atoms with van der Waals surface area (Å²) in [7, 11) is -5.87. The largest absolute Gasteiger partial charge is 0.516 e. The zero-order valence-corrected chi connectivity index (χ0v) is 22.6. The van der Waals surface area contributed by atoms with Crippen molar-refractivity contribution in [3.63, 3.8) is 0 Å². The molecule has 1 aromatic carbocycles. The lowest BCUT2D eigenvalue weighted by molar-refractivity contribution is -0.128. The van der Waals surface area contributed by atoms with Crippen molar-refractivity contribution in [2.75, 3.05) is 24.5 Å². The zero-order chi connectivity index (χ0) is 26.9. The fraction of sp³-hybridized carbons (Fsp3) is 0.522. The minimum Gasteiger partial charge on any atom is -0.372 e. The lowest BCUT2D eigenvalue weighted by atomic mass is 10.1. The van der Waals surface area contributed by atoms with Crippen molar-refractivity contribution in [3.8, 4) is 0 Å². The topological polar surface area (TPSA) is 86.8 Å². The number of benzene rings is 1. The van der Waals surface area contributed by atoms with Crippen LogP contribution in [0.4, 0.5) is 18.9 Å². The third-order valence-electron chi connectivity index (χ3n) is 5.35. The first kappa shape index (κ1) is 30.1. The standard InChI is InChI=1S/C23H30F3N3O4S3/c1-3-5-7-13-28(14-8-6-4-2)18-11-9-17(10-12-18)15-19-21(31)29(22(34)35-19)16-20(30)27-36(32,33)23(24,25)26/h9-12,15H,3-8,13-14,16H2,1-2H3,(H,27,30)/b19-15-. The minimum absolute atomic E-state index is 0.0551. The summed E-state index contributed by atoms with van der Waals surface area (Å²) in [5, 5.41) is 0. The molecule has 1 heterocycles. The molecule has 200 valence electrons. The number of hydrogen-bond donors (Lipinski definition) is 1. The molecule has 36 heavy (non-hydrogen) atoms. The Morgan fingerprint density at radius 2 is 1.64 bits per heavy atom. The number of anilines is 1. The number of thiocarbonyl (C=S) groups is 1. The molecule has 0 bridgehead atoms. The normalized spacial score (nSPS) is 15.6. The second-order valence-corrected chi connectivity index (χ2v) is 11.6. The van der Waals surface area contributed by atoms with Crippen LogP contribution >= 0.6 is 24.0 Å². The maximum absolute atomic E-state index is 12.7. The van der Waals surface area contributed by atoms with E-state index in [1.54, 1.807) is 6.08 Å². The number of nitrogens with one attached hydrogen (secondary N) is 1. The van der Waals surface area contributed by atoms with Crippen LogP contribution in [0.5, 0.6) is 0 Å². The van der Waals surface area contributed by atoms with Gasteiger partial charge in [-0.05, 0) is 36.6 Å². The number of thioether (sulfide) groups is 1. The average Bonchev–Trinajstić information content (AvgIpc) is 3.05. The number of carbonyl (C=O) groups is 2. The molecule has 0 spiro atoms. The summed E-state index contributed by atoms with van der Waals surface area (Å²) < 4.78 is 60.5. The van der Waals surface area contributed by atoms with E-state index in [9.17, 15) is 31.2 Å². The molecule has 1 aliphatic rings. The Hall–Kier alpha value is -2.12. The van der Waals surface area contributed by atoms with Crippen LogP contribution in [0.3, 0.4) is 0 Å². The van der Waals surface area contributed by atoms with Crippen LogP contribution in [0.25, 0.3) is 6.08 Å². The van der Waals surface area contributed by atoms with Gasteiger partial charge in [0.05, 0.1) is 4.91 Å². The van der Waals surface area contributed by atoms with Gasteiger partial charge >= 0.3 is 15.5 Å². The van der Waals surface area contributed by atoms with Gasteiger partial charge in [0.15, 0.2) is 0 Å². The van der Waals surface area contributed by atoms with Crippen molar-refractivity contribution < 1.29 is 31.2 Å². The Balaban J connectivity index is 2.08. The summed E-state index contributed by atoms with van der Waals surface area (Å²) >= 11 is 5.96. The van der Waals surface area contributed by atoms with Gasteiger partial charge in [0, 0.05) is 18.8 Å². The van der Waals surface area contributed by atoms with Crippen molar-refractivity contribution in [2.24, 2.45) is 0 Å². The van der Waals surface area contributed by atoms with Crippen LogP contribution in [0.15, 0.2) is 29.2 Å². The molecule has 2 amide bonds. The number of amides is 2. The number of nitrogens with zero attached hydrogens (tertiary/aromatic N) is 2. The lowest BCUT2D eigenvalue weighted by Gasteiger charge is -2.25. The quantitative estimate of drug-likeness (QED) is 0.204. The van der Waals surface area contributed by atoms with Crippen molar-refractivity contribution >= 4 is 61.9 Å². The van der Waals surface area contributed by atoms with Crippen LogP contribution in [0.1, 0.15) is 57.9 Å². The molecular formula is C23H30F3N3O4S3. The number of sulfonamides is 1. The van der Waals surface area contributed by atoms with Crippen molar-refractivity contribution in [2.45, 2.75) is 57.9 Å². The summed E-state index contributed by atoms with van der Waals surface area (Å²) in [5.74, 6) is -2.20. The first-order chi connectivity index (χ1) is 16.9. The summed E-state index contributed by atoms with van der Waals surface area (Å²) in [6.45, 7) is 5.30. The predicted molar refractivity (Wildman–Crippen MR) is 141 cm³/mol. The number of hydrogen-bond acceptors (Lipinski definition) is 7. The number of rotatable bonds is 13. The van der Waals surface area contributed by atoms with E-state index in [1.807, 2.05) is 24.3 Å². The van der Waals surface area contributed by atoms with E-state index in [2.05, 4.69) is 18.7 Å². The first-order valence-electron chi connectivity index (χ1n) is 11.6. The van der Waals surface area contributed by atoms with Crippen LogP contribution in [-0.2, 0) is 19.6 Å². The third-order valence-corrected chi connectivity index (χ3v) is 7.83. The second kappa shape index (κ2) is 13.4. The van der Waals surface area contributed by atoms with Crippen molar-refractivity contribution in [1.29, 1.82) is 0 Å². The first-order valence-corrected chi connectivity index (χ1v) is 14.3. The Morgan fingerprint density at radius 1 is 1.08 bits per heavy atom. The molecule has 0 saturated carbocycles. The molecule has 1 fully saturated rings. The Labute approximate surface area is 219 Å². The fourth-order valence-corrected chi connectivity index (χ4v) is 5.16. The summed E-state index contributed by atoms with van der Waals surface area (Å²) in [6, 6.07) is 7.66. The van der Waals surface area contributed by atoms with Gasteiger partial charge in [0.2, 0.25) is 0 Å². The van der Waals surface area contributed by atoms with Gasteiger partial charge in [0.25, 0.3) is 11.8 Å². The molecule has 1 aromatic rings. The molecule has 1 N–H and O–H groups in total. The SMILES string of the molecule is CCCCCN(CCCCC)c1ccc(/C=C2\SC(=S)N(CC(=O)NS(=O)(=O)C(F)(F)F)C2=O)cc1. The number of unbranched alkanes of at least 4 members (excludes halogenated alkanes) is 4. The average molecular weight is 566 g/mol. The van der Waals surface area contributed by atoms with E-state index in [-0.39, 0.29) is 9.23 Å². The van der Waals surface area contributed by atoms with E-state index in [4.69, 9.17) is 12.2 Å². The smallest absolute Gasteiger partial charge is 0.372 e. The maximum Gasteiger partial charge on any atom is 0.516 e. The summed E-state index contributed by atoms with van der Waals surface area (Å²) in [5.41, 5.74) is -3.86. The monoisotopic (exact) mass is 565 g/mol. The van der Waals surface area contributed by atoms with E-state index in [0.29, 0.717) is 5.56 Å². The molecule has 7 nitrogen and oxygen atoms in total. The van der Waals surface area contributed by atoms with Crippen LogP contribution < -0.4 is 9.62 Å². The molecule has 0 atom stereocenters. The molecule has 0 aromatic heterocycles. The number of alkyl halides is 3. The highest BCUT2D eigenvalue weighted by atomic mass is 32.2. The van der Waals surface area contributed by atoms with Crippen LogP contribution in [-0.4, -0.2) is 54.6 Å².